The van der Waals surface area contributed by atoms with Crippen molar-refractivity contribution < 1.29 is 4.79 Å². The zero-order chi connectivity index (χ0) is 12.8. The number of carbonyl (C=O) groups is 1. The van der Waals surface area contributed by atoms with Crippen molar-refractivity contribution >= 4 is 29.1 Å². The van der Waals surface area contributed by atoms with Crippen LogP contribution in [-0.2, 0) is 0 Å². The highest BCUT2D eigenvalue weighted by Crippen LogP contribution is 2.12. The Labute approximate surface area is 112 Å². The first kappa shape index (κ1) is 14.6. The molecule has 1 aromatic carbocycles. The number of likely N-dealkylation sites (N-methyl/N-ethyl adjacent to an activating group) is 1. The molecule has 0 saturated heterocycles. The quantitative estimate of drug-likeness (QED) is 0.741. The lowest BCUT2D eigenvalue weighted by Crippen LogP contribution is -2.35. The summed E-state index contributed by atoms with van der Waals surface area (Å²) in [6.45, 7) is 2.56. The minimum Gasteiger partial charge on any atom is -0.295 e. The molecule has 1 atom stereocenters. The number of carbonyl (C=O) groups excluding carboxylic acids is 1. The second kappa shape index (κ2) is 7.04. The number of rotatable bonds is 6. The van der Waals surface area contributed by atoms with Crippen molar-refractivity contribution in [2.45, 2.75) is 13.0 Å². The van der Waals surface area contributed by atoms with Gasteiger partial charge in [0.15, 0.2) is 5.78 Å². The topological polar surface area (TPSA) is 20.3 Å². The van der Waals surface area contributed by atoms with Gasteiger partial charge in [-0.1, -0.05) is 23.7 Å². The molecule has 0 heterocycles. The standard InChI is InChI=1S/C13H18ClNOS/c1-10(9-17-3)15(2)8-13(16)11-5-4-6-12(14)7-11/h4-7,10H,8-9H2,1-3H3. The van der Waals surface area contributed by atoms with Gasteiger partial charge < -0.3 is 0 Å². The molecule has 1 rings (SSSR count). The van der Waals surface area contributed by atoms with E-state index in [4.69, 9.17) is 11.6 Å². The highest BCUT2D eigenvalue weighted by Gasteiger charge is 2.14. The molecule has 0 N–H and O–H groups in total. The predicted octanol–water partition coefficient (Wildman–Crippen LogP) is 3.21. The number of thioether (sulfide) groups is 1. The van der Waals surface area contributed by atoms with Crippen LogP contribution in [0.1, 0.15) is 17.3 Å². The van der Waals surface area contributed by atoms with Gasteiger partial charge in [0.05, 0.1) is 6.54 Å². The van der Waals surface area contributed by atoms with Gasteiger partial charge in [0.25, 0.3) is 0 Å². The van der Waals surface area contributed by atoms with Gasteiger partial charge in [0, 0.05) is 22.4 Å². The van der Waals surface area contributed by atoms with Crippen LogP contribution in [0, 0.1) is 0 Å². The molecule has 0 spiro atoms. The number of nitrogens with zero attached hydrogens (tertiary/aromatic N) is 1. The van der Waals surface area contributed by atoms with E-state index in [9.17, 15) is 4.79 Å². The van der Waals surface area contributed by atoms with E-state index in [0.717, 1.165) is 5.75 Å². The minimum atomic E-state index is 0.114. The fourth-order valence-electron chi connectivity index (χ4n) is 1.50. The monoisotopic (exact) mass is 271 g/mol. The molecule has 2 nitrogen and oxygen atoms in total. The van der Waals surface area contributed by atoms with Gasteiger partial charge in [-0.15, -0.1) is 0 Å². The summed E-state index contributed by atoms with van der Waals surface area (Å²) >= 11 is 7.66. The van der Waals surface area contributed by atoms with E-state index in [1.54, 1.807) is 36.0 Å². The Kier molecular flexibility index (Phi) is 6.03. The maximum atomic E-state index is 12.0. The summed E-state index contributed by atoms with van der Waals surface area (Å²) in [4.78, 5) is 14.1. The van der Waals surface area contributed by atoms with E-state index in [2.05, 4.69) is 18.1 Å². The molecule has 0 aliphatic heterocycles. The fourth-order valence-corrected chi connectivity index (χ4v) is 2.43. The smallest absolute Gasteiger partial charge is 0.176 e. The van der Waals surface area contributed by atoms with Gasteiger partial charge in [-0.2, -0.15) is 11.8 Å². The molecule has 0 aliphatic rings. The molecule has 0 aliphatic carbocycles. The van der Waals surface area contributed by atoms with Crippen molar-refractivity contribution in [3.05, 3.63) is 34.9 Å². The first-order chi connectivity index (χ1) is 8.04. The second-order valence-electron chi connectivity index (χ2n) is 4.15. The number of hydrogen-bond acceptors (Lipinski definition) is 3. The van der Waals surface area contributed by atoms with Crippen molar-refractivity contribution in [2.24, 2.45) is 0 Å². The first-order valence-corrected chi connectivity index (χ1v) is 7.29. The van der Waals surface area contributed by atoms with Crippen molar-refractivity contribution in [1.82, 2.24) is 4.90 Å². The molecule has 0 aromatic heterocycles. The van der Waals surface area contributed by atoms with Crippen molar-refractivity contribution in [1.29, 1.82) is 0 Å². The molecule has 0 fully saturated rings. The molecule has 94 valence electrons. The van der Waals surface area contributed by atoms with Crippen LogP contribution in [0.4, 0.5) is 0 Å². The predicted molar refractivity (Wildman–Crippen MR) is 76.3 cm³/mol. The molecule has 0 radical (unpaired) electrons. The molecule has 0 amide bonds. The first-order valence-electron chi connectivity index (χ1n) is 5.52. The summed E-state index contributed by atoms with van der Waals surface area (Å²) in [7, 11) is 1.98. The molecule has 17 heavy (non-hydrogen) atoms. The van der Waals surface area contributed by atoms with E-state index < -0.39 is 0 Å². The Morgan fingerprint density at radius 3 is 2.82 bits per heavy atom. The Hall–Kier alpha value is -0.510. The average molecular weight is 272 g/mol. The zero-order valence-corrected chi connectivity index (χ0v) is 12.0. The molecule has 1 unspecified atom stereocenters. The van der Waals surface area contributed by atoms with Gasteiger partial charge in [-0.05, 0) is 32.4 Å². The lowest BCUT2D eigenvalue weighted by molar-refractivity contribution is 0.0931. The summed E-state index contributed by atoms with van der Waals surface area (Å²) in [5.41, 5.74) is 0.681. The highest BCUT2D eigenvalue weighted by atomic mass is 35.5. The summed E-state index contributed by atoms with van der Waals surface area (Å²) in [6.07, 6.45) is 2.07. The molecule has 0 saturated carbocycles. The maximum Gasteiger partial charge on any atom is 0.176 e. The van der Waals surface area contributed by atoms with Crippen LogP contribution in [0.3, 0.4) is 0 Å². The Balaban J connectivity index is 2.60. The minimum absolute atomic E-state index is 0.114. The van der Waals surface area contributed by atoms with Crippen LogP contribution in [0.5, 0.6) is 0 Å². The normalized spacial score (nSPS) is 12.8. The van der Waals surface area contributed by atoms with Crippen LogP contribution in [0.25, 0.3) is 0 Å². The van der Waals surface area contributed by atoms with Crippen molar-refractivity contribution in [3.63, 3.8) is 0 Å². The van der Waals surface area contributed by atoms with E-state index in [1.807, 2.05) is 7.05 Å². The average Bonchev–Trinajstić information content (AvgIpc) is 2.29. The molecule has 1 aromatic rings. The SMILES string of the molecule is CSCC(C)N(C)CC(=O)c1cccc(Cl)c1. The second-order valence-corrected chi connectivity index (χ2v) is 5.50. The van der Waals surface area contributed by atoms with Crippen LogP contribution in [0.15, 0.2) is 24.3 Å². The van der Waals surface area contributed by atoms with E-state index in [1.165, 1.54) is 0 Å². The van der Waals surface area contributed by atoms with Crippen LogP contribution < -0.4 is 0 Å². The number of benzene rings is 1. The fraction of sp³-hybridized carbons (Fsp3) is 0.462. The van der Waals surface area contributed by atoms with Gasteiger partial charge >= 0.3 is 0 Å². The Morgan fingerprint density at radius 1 is 1.53 bits per heavy atom. The third kappa shape index (κ3) is 4.70. The third-order valence-corrected chi connectivity index (χ3v) is 3.75. The summed E-state index contributed by atoms with van der Waals surface area (Å²) in [5, 5.41) is 0.607. The maximum absolute atomic E-state index is 12.0. The number of Topliss-reactive ketones (excluding diaryl/α,β-unsaturated/α-hetero) is 1. The largest absolute Gasteiger partial charge is 0.295 e. The van der Waals surface area contributed by atoms with Gasteiger partial charge in [0.2, 0.25) is 0 Å². The van der Waals surface area contributed by atoms with Crippen LogP contribution in [0.2, 0.25) is 5.02 Å². The number of halogens is 1. The molecule has 0 bridgehead atoms. The molecule has 4 heteroatoms. The van der Waals surface area contributed by atoms with Crippen LogP contribution >= 0.6 is 23.4 Å². The summed E-state index contributed by atoms with van der Waals surface area (Å²) in [5.74, 6) is 1.14. The van der Waals surface area contributed by atoms with E-state index in [-0.39, 0.29) is 5.78 Å². The lowest BCUT2D eigenvalue weighted by atomic mass is 10.1. The van der Waals surface area contributed by atoms with Gasteiger partial charge in [-0.25, -0.2) is 0 Å². The van der Waals surface area contributed by atoms with Crippen molar-refractivity contribution in [2.75, 3.05) is 25.6 Å². The van der Waals surface area contributed by atoms with E-state index >= 15 is 0 Å². The number of ketones is 1. The number of hydrogen-bond donors (Lipinski definition) is 0. The van der Waals surface area contributed by atoms with Gasteiger partial charge in [0.1, 0.15) is 0 Å². The Morgan fingerprint density at radius 2 is 2.24 bits per heavy atom. The highest BCUT2D eigenvalue weighted by molar-refractivity contribution is 7.98. The summed E-state index contributed by atoms with van der Waals surface area (Å²) < 4.78 is 0. The molecular weight excluding hydrogens is 254 g/mol. The van der Waals surface area contributed by atoms with E-state index in [0.29, 0.717) is 23.2 Å². The van der Waals surface area contributed by atoms with Gasteiger partial charge in [-0.3, -0.25) is 9.69 Å². The summed E-state index contributed by atoms with van der Waals surface area (Å²) in [6, 6.07) is 7.51. The van der Waals surface area contributed by atoms with Crippen LogP contribution in [-0.4, -0.2) is 42.3 Å². The lowest BCUT2D eigenvalue weighted by Gasteiger charge is -2.23. The zero-order valence-electron chi connectivity index (χ0n) is 10.4. The van der Waals surface area contributed by atoms with Crippen molar-refractivity contribution in [3.8, 4) is 0 Å². The Bertz CT molecular complexity index is 383. The molecular formula is C13H18ClNOS. The third-order valence-electron chi connectivity index (χ3n) is 2.70.